The summed E-state index contributed by atoms with van der Waals surface area (Å²) in [5.74, 6) is -0.176. The lowest BCUT2D eigenvalue weighted by Gasteiger charge is -2.37. The number of hydrogen-bond acceptors (Lipinski definition) is 5. The Hall–Kier alpha value is -2.61. The molecule has 3 amide bonds. The normalized spacial score (nSPS) is 22.6. The Morgan fingerprint density at radius 3 is 2.59 bits per heavy atom. The highest BCUT2D eigenvalue weighted by Crippen LogP contribution is 2.31. The van der Waals surface area contributed by atoms with E-state index in [-0.39, 0.29) is 24.5 Å². The van der Waals surface area contributed by atoms with E-state index in [4.69, 9.17) is 4.74 Å². The zero-order valence-corrected chi connectivity index (χ0v) is 15.8. The molecule has 1 aromatic rings. The van der Waals surface area contributed by atoms with E-state index in [9.17, 15) is 14.4 Å². The zero-order chi connectivity index (χ0) is 19.4. The number of nitrogens with zero attached hydrogens (tertiary/aromatic N) is 2. The van der Waals surface area contributed by atoms with Crippen molar-refractivity contribution >= 4 is 23.6 Å². The molecule has 8 heteroatoms. The van der Waals surface area contributed by atoms with Crippen molar-refractivity contribution in [3.63, 3.8) is 0 Å². The van der Waals surface area contributed by atoms with E-state index in [1.165, 1.54) is 6.92 Å². The van der Waals surface area contributed by atoms with Gasteiger partial charge in [-0.15, -0.1) is 0 Å². The number of rotatable bonds is 5. The highest BCUT2D eigenvalue weighted by atomic mass is 16.6. The smallest absolute Gasteiger partial charge is 0.410 e. The van der Waals surface area contributed by atoms with Crippen molar-refractivity contribution in [2.75, 3.05) is 38.5 Å². The Balaban J connectivity index is 1.46. The third-order valence-corrected chi connectivity index (χ3v) is 4.89. The van der Waals surface area contributed by atoms with Gasteiger partial charge >= 0.3 is 6.09 Å². The summed E-state index contributed by atoms with van der Waals surface area (Å²) in [5.41, 5.74) is 1.20. The zero-order valence-electron chi connectivity index (χ0n) is 15.8. The standard InChI is InChI=1S/C19H26N4O4/c1-14(24)21-16-6-4-15(5-7-16)10-20-17(25)11-23-9-3-8-19(13-23)12-22(2)18(26)27-19/h4-7H,3,8-13H2,1-2H3,(H,20,25)(H,21,24)/t19-/m1/s1. The van der Waals surface area contributed by atoms with E-state index in [1.807, 2.05) is 29.2 Å². The Morgan fingerprint density at radius 1 is 1.22 bits per heavy atom. The fourth-order valence-electron chi connectivity index (χ4n) is 3.70. The molecular formula is C19H26N4O4. The Bertz CT molecular complexity index is 721. The molecule has 0 unspecified atom stereocenters. The van der Waals surface area contributed by atoms with Crippen LogP contribution in [0.2, 0.25) is 0 Å². The van der Waals surface area contributed by atoms with E-state index in [1.54, 1.807) is 11.9 Å². The fourth-order valence-corrected chi connectivity index (χ4v) is 3.70. The molecule has 1 aromatic carbocycles. The van der Waals surface area contributed by atoms with E-state index in [2.05, 4.69) is 10.6 Å². The molecular weight excluding hydrogens is 348 g/mol. The number of carbonyl (C=O) groups excluding carboxylic acids is 3. The summed E-state index contributed by atoms with van der Waals surface area (Å²) in [6.45, 7) is 4.15. The number of amides is 3. The molecule has 146 valence electrons. The molecule has 3 rings (SSSR count). The SMILES string of the molecule is CC(=O)Nc1ccc(CNC(=O)CN2CCC[C@]3(C2)CN(C)C(=O)O3)cc1. The van der Waals surface area contributed by atoms with Crippen LogP contribution in [-0.4, -0.2) is 66.5 Å². The van der Waals surface area contributed by atoms with Gasteiger partial charge < -0.3 is 20.3 Å². The minimum atomic E-state index is -0.482. The molecule has 0 aromatic heterocycles. The molecule has 2 aliphatic rings. The van der Waals surface area contributed by atoms with Gasteiger partial charge in [-0.25, -0.2) is 4.79 Å². The van der Waals surface area contributed by atoms with Gasteiger partial charge in [0.1, 0.15) is 5.60 Å². The van der Waals surface area contributed by atoms with Crippen molar-refractivity contribution in [3.05, 3.63) is 29.8 Å². The fraction of sp³-hybridized carbons (Fsp3) is 0.526. The molecule has 0 aliphatic carbocycles. The minimum Gasteiger partial charge on any atom is -0.440 e. The van der Waals surface area contributed by atoms with Crippen LogP contribution in [-0.2, 0) is 20.9 Å². The summed E-state index contributed by atoms with van der Waals surface area (Å²) in [5, 5.41) is 5.63. The van der Waals surface area contributed by atoms with Gasteiger partial charge in [0.2, 0.25) is 11.8 Å². The summed E-state index contributed by atoms with van der Waals surface area (Å²) < 4.78 is 5.57. The molecule has 1 atom stereocenters. The van der Waals surface area contributed by atoms with Crippen LogP contribution in [0.5, 0.6) is 0 Å². The van der Waals surface area contributed by atoms with Gasteiger partial charge in [-0.3, -0.25) is 14.5 Å². The number of hydrogen-bond donors (Lipinski definition) is 2. The second kappa shape index (κ2) is 7.96. The number of likely N-dealkylation sites (N-methyl/N-ethyl adjacent to an activating group) is 1. The molecule has 8 nitrogen and oxygen atoms in total. The van der Waals surface area contributed by atoms with Crippen LogP contribution in [0.3, 0.4) is 0 Å². The van der Waals surface area contributed by atoms with Crippen molar-refractivity contribution in [3.8, 4) is 0 Å². The van der Waals surface area contributed by atoms with Crippen molar-refractivity contribution in [1.29, 1.82) is 0 Å². The van der Waals surface area contributed by atoms with Crippen molar-refractivity contribution in [2.24, 2.45) is 0 Å². The van der Waals surface area contributed by atoms with Gasteiger partial charge in [-0.05, 0) is 37.1 Å². The average Bonchev–Trinajstić information content (AvgIpc) is 2.87. The third-order valence-electron chi connectivity index (χ3n) is 4.89. The maximum atomic E-state index is 12.3. The highest BCUT2D eigenvalue weighted by molar-refractivity contribution is 5.88. The summed E-state index contributed by atoms with van der Waals surface area (Å²) in [6.07, 6.45) is 1.45. The molecule has 2 aliphatic heterocycles. The lowest BCUT2D eigenvalue weighted by atomic mass is 9.93. The van der Waals surface area contributed by atoms with Crippen molar-refractivity contribution < 1.29 is 19.1 Å². The average molecular weight is 374 g/mol. The second-order valence-corrected chi connectivity index (χ2v) is 7.38. The van der Waals surface area contributed by atoms with E-state index >= 15 is 0 Å². The Kier molecular flexibility index (Phi) is 5.65. The maximum Gasteiger partial charge on any atom is 0.410 e. The molecule has 2 fully saturated rings. The summed E-state index contributed by atoms with van der Waals surface area (Å²) in [7, 11) is 1.74. The van der Waals surface area contributed by atoms with Gasteiger partial charge in [0.15, 0.2) is 0 Å². The predicted octanol–water partition coefficient (Wildman–Crippen LogP) is 1.18. The number of carbonyl (C=O) groups is 3. The second-order valence-electron chi connectivity index (χ2n) is 7.38. The van der Waals surface area contributed by atoms with Crippen molar-refractivity contribution in [1.82, 2.24) is 15.1 Å². The summed E-state index contributed by atoms with van der Waals surface area (Å²) >= 11 is 0. The predicted molar refractivity (Wildman–Crippen MR) is 100 cm³/mol. The van der Waals surface area contributed by atoms with Gasteiger partial charge in [0.25, 0.3) is 0 Å². The molecule has 0 bridgehead atoms. The van der Waals surface area contributed by atoms with E-state index in [0.717, 1.165) is 30.6 Å². The molecule has 2 N–H and O–H groups in total. The summed E-state index contributed by atoms with van der Waals surface area (Å²) in [6, 6.07) is 7.36. The topological polar surface area (TPSA) is 91.0 Å². The first-order valence-electron chi connectivity index (χ1n) is 9.15. The molecule has 27 heavy (non-hydrogen) atoms. The first-order valence-corrected chi connectivity index (χ1v) is 9.15. The third kappa shape index (κ3) is 4.97. The van der Waals surface area contributed by atoms with Gasteiger partial charge in [-0.2, -0.15) is 0 Å². The minimum absolute atomic E-state index is 0.0596. The molecule has 0 saturated carbocycles. The van der Waals surface area contributed by atoms with Crippen LogP contribution >= 0.6 is 0 Å². The highest BCUT2D eigenvalue weighted by Gasteiger charge is 2.46. The number of nitrogens with one attached hydrogen (secondary N) is 2. The van der Waals surface area contributed by atoms with Crippen LogP contribution in [0.1, 0.15) is 25.3 Å². The first-order chi connectivity index (χ1) is 12.8. The lowest BCUT2D eigenvalue weighted by Crippen LogP contribution is -2.52. The quantitative estimate of drug-likeness (QED) is 0.808. The van der Waals surface area contributed by atoms with E-state index < -0.39 is 5.60 Å². The van der Waals surface area contributed by atoms with Crippen LogP contribution < -0.4 is 10.6 Å². The van der Waals surface area contributed by atoms with Crippen molar-refractivity contribution in [2.45, 2.75) is 31.9 Å². The van der Waals surface area contributed by atoms with Crippen LogP contribution in [0, 0.1) is 0 Å². The number of anilines is 1. The van der Waals surface area contributed by atoms with E-state index in [0.29, 0.717) is 19.6 Å². The van der Waals surface area contributed by atoms with Crippen LogP contribution in [0.25, 0.3) is 0 Å². The Morgan fingerprint density at radius 2 is 1.96 bits per heavy atom. The molecule has 2 heterocycles. The summed E-state index contributed by atoms with van der Waals surface area (Å²) in [4.78, 5) is 38.7. The number of likely N-dealkylation sites (tertiary alicyclic amines) is 1. The van der Waals surface area contributed by atoms with Gasteiger partial charge in [0.05, 0.1) is 13.1 Å². The molecule has 2 saturated heterocycles. The maximum absolute atomic E-state index is 12.3. The van der Waals surface area contributed by atoms with Crippen LogP contribution in [0.4, 0.5) is 10.5 Å². The lowest BCUT2D eigenvalue weighted by molar-refractivity contribution is -0.123. The van der Waals surface area contributed by atoms with Gasteiger partial charge in [0, 0.05) is 32.7 Å². The number of piperidine rings is 1. The monoisotopic (exact) mass is 374 g/mol. The first kappa shape index (κ1) is 19.2. The Labute approximate surface area is 158 Å². The molecule has 0 radical (unpaired) electrons. The largest absolute Gasteiger partial charge is 0.440 e. The number of ether oxygens (including phenoxy) is 1. The van der Waals surface area contributed by atoms with Gasteiger partial charge in [-0.1, -0.05) is 12.1 Å². The number of benzene rings is 1. The molecule has 1 spiro atoms. The van der Waals surface area contributed by atoms with Crippen LogP contribution in [0.15, 0.2) is 24.3 Å².